The van der Waals surface area contributed by atoms with Crippen LogP contribution in [0.3, 0.4) is 0 Å². The number of halogens is 2. The van der Waals surface area contributed by atoms with Crippen LogP contribution in [0, 0.1) is 13.8 Å². The van der Waals surface area contributed by atoms with Crippen molar-refractivity contribution in [2.45, 2.75) is 20.3 Å². The number of anilines is 1. The zero-order valence-electron chi connectivity index (χ0n) is 12.9. The van der Waals surface area contributed by atoms with Crippen molar-refractivity contribution in [3.63, 3.8) is 0 Å². The van der Waals surface area contributed by atoms with Crippen molar-refractivity contribution in [2.75, 3.05) is 5.32 Å². The molecule has 2 heterocycles. The fourth-order valence-electron chi connectivity index (χ4n) is 2.23. The molecule has 0 spiro atoms. The molecule has 2 aromatic heterocycles. The molecule has 0 atom stereocenters. The fourth-order valence-corrected chi connectivity index (χ4v) is 3.34. The number of benzene rings is 1. The van der Waals surface area contributed by atoms with Crippen molar-refractivity contribution in [1.29, 1.82) is 0 Å². The first-order valence-electron chi connectivity index (χ1n) is 7.06. The van der Waals surface area contributed by atoms with Gasteiger partial charge in [-0.2, -0.15) is 0 Å². The third-order valence-electron chi connectivity index (χ3n) is 3.47. The summed E-state index contributed by atoms with van der Waals surface area (Å²) in [6, 6.07) is 5.18. The van der Waals surface area contributed by atoms with Gasteiger partial charge in [0.25, 0.3) is 0 Å². The number of thiazole rings is 1. The van der Waals surface area contributed by atoms with Crippen LogP contribution in [0.2, 0.25) is 10.0 Å². The lowest BCUT2D eigenvalue weighted by atomic mass is 10.1. The lowest BCUT2D eigenvalue weighted by Gasteiger charge is -2.02. The minimum atomic E-state index is -0.178. The van der Waals surface area contributed by atoms with Crippen LogP contribution in [0.1, 0.15) is 17.0 Å². The highest BCUT2D eigenvalue weighted by Crippen LogP contribution is 2.32. The number of rotatable bonds is 4. The predicted molar refractivity (Wildman–Crippen MR) is 95.9 cm³/mol. The first kappa shape index (κ1) is 17.0. The van der Waals surface area contributed by atoms with E-state index in [0.717, 1.165) is 11.1 Å². The average Bonchev–Trinajstić information content (AvgIpc) is 3.11. The molecule has 0 fully saturated rings. The van der Waals surface area contributed by atoms with E-state index >= 15 is 0 Å². The molecule has 1 amide bonds. The molecule has 0 bridgehead atoms. The minimum Gasteiger partial charge on any atom is -0.361 e. The highest BCUT2D eigenvalue weighted by molar-refractivity contribution is 7.14. The van der Waals surface area contributed by atoms with Crippen LogP contribution < -0.4 is 5.32 Å². The molecule has 0 saturated carbocycles. The van der Waals surface area contributed by atoms with Crippen LogP contribution in [0.4, 0.5) is 5.13 Å². The molecule has 0 saturated heterocycles. The molecule has 0 unspecified atom stereocenters. The SMILES string of the molecule is Cc1noc(C)c1CC(=O)Nc1nc(-c2cc(Cl)ccc2Cl)cs1. The van der Waals surface area contributed by atoms with Gasteiger partial charge in [-0.15, -0.1) is 11.3 Å². The summed E-state index contributed by atoms with van der Waals surface area (Å²) in [6.45, 7) is 3.59. The van der Waals surface area contributed by atoms with Crippen LogP contribution in [0.5, 0.6) is 0 Å². The average molecular weight is 382 g/mol. The molecule has 3 rings (SSSR count). The summed E-state index contributed by atoms with van der Waals surface area (Å²) in [5, 5.41) is 10.1. The van der Waals surface area contributed by atoms with Crippen molar-refractivity contribution in [3.05, 3.63) is 50.6 Å². The second kappa shape index (κ2) is 6.93. The Balaban J connectivity index is 1.74. The highest BCUT2D eigenvalue weighted by atomic mass is 35.5. The first-order valence-corrected chi connectivity index (χ1v) is 8.70. The number of nitrogens with one attached hydrogen (secondary N) is 1. The molecular weight excluding hydrogens is 369 g/mol. The highest BCUT2D eigenvalue weighted by Gasteiger charge is 2.15. The largest absolute Gasteiger partial charge is 0.361 e. The summed E-state index contributed by atoms with van der Waals surface area (Å²) < 4.78 is 5.06. The summed E-state index contributed by atoms with van der Waals surface area (Å²) in [5.41, 5.74) is 2.90. The van der Waals surface area contributed by atoms with Crippen molar-refractivity contribution in [1.82, 2.24) is 10.1 Å². The number of amides is 1. The van der Waals surface area contributed by atoms with Crippen LogP contribution in [-0.4, -0.2) is 16.0 Å². The van der Waals surface area contributed by atoms with Gasteiger partial charge in [0.05, 0.1) is 22.8 Å². The van der Waals surface area contributed by atoms with E-state index in [-0.39, 0.29) is 12.3 Å². The maximum Gasteiger partial charge on any atom is 0.230 e. The third-order valence-corrected chi connectivity index (χ3v) is 4.80. The van der Waals surface area contributed by atoms with E-state index in [1.165, 1.54) is 11.3 Å². The van der Waals surface area contributed by atoms with E-state index in [2.05, 4.69) is 15.5 Å². The number of nitrogens with zero attached hydrogens (tertiary/aromatic N) is 2. The van der Waals surface area contributed by atoms with Crippen LogP contribution in [0.25, 0.3) is 11.3 Å². The van der Waals surface area contributed by atoms with Gasteiger partial charge in [0, 0.05) is 21.5 Å². The predicted octanol–water partition coefficient (Wildman–Crippen LogP) is 4.90. The van der Waals surface area contributed by atoms with Crippen LogP contribution in [-0.2, 0) is 11.2 Å². The van der Waals surface area contributed by atoms with Gasteiger partial charge < -0.3 is 9.84 Å². The molecule has 1 aromatic carbocycles. The molecule has 0 radical (unpaired) electrons. The lowest BCUT2D eigenvalue weighted by Crippen LogP contribution is -2.15. The van der Waals surface area contributed by atoms with Gasteiger partial charge in [0.2, 0.25) is 5.91 Å². The molecule has 3 aromatic rings. The lowest BCUT2D eigenvalue weighted by molar-refractivity contribution is -0.115. The van der Waals surface area contributed by atoms with Crippen molar-refractivity contribution in [2.24, 2.45) is 0 Å². The van der Waals surface area contributed by atoms with E-state index in [4.69, 9.17) is 27.7 Å². The van der Waals surface area contributed by atoms with Crippen molar-refractivity contribution >= 4 is 45.6 Å². The normalized spacial score (nSPS) is 10.8. The molecular formula is C16H13Cl2N3O2S. The Morgan fingerprint density at radius 2 is 2.12 bits per heavy atom. The van der Waals surface area contributed by atoms with E-state index in [9.17, 15) is 4.79 Å². The number of hydrogen-bond donors (Lipinski definition) is 1. The standard InChI is InChI=1S/C16H13Cl2N3O2S/c1-8-11(9(2)23-21-8)6-15(22)20-16-19-14(7-24-16)12-5-10(17)3-4-13(12)18/h3-5,7H,6H2,1-2H3,(H,19,20,22). The maximum absolute atomic E-state index is 12.2. The van der Waals surface area contributed by atoms with Crippen molar-refractivity contribution < 1.29 is 9.32 Å². The summed E-state index contributed by atoms with van der Waals surface area (Å²) in [4.78, 5) is 16.6. The summed E-state index contributed by atoms with van der Waals surface area (Å²) in [6.07, 6.45) is 0.188. The van der Waals surface area contributed by atoms with Gasteiger partial charge in [0.1, 0.15) is 5.76 Å². The monoisotopic (exact) mass is 381 g/mol. The Labute approximate surface area is 152 Å². The molecule has 0 aliphatic rings. The fraction of sp³-hybridized carbons (Fsp3) is 0.188. The quantitative estimate of drug-likeness (QED) is 0.697. The Morgan fingerprint density at radius 3 is 2.83 bits per heavy atom. The zero-order valence-corrected chi connectivity index (χ0v) is 15.2. The van der Waals surface area contributed by atoms with Crippen LogP contribution >= 0.6 is 34.5 Å². The molecule has 5 nitrogen and oxygen atoms in total. The smallest absolute Gasteiger partial charge is 0.230 e. The van der Waals surface area contributed by atoms with Crippen molar-refractivity contribution in [3.8, 4) is 11.3 Å². The number of aromatic nitrogens is 2. The topological polar surface area (TPSA) is 68.0 Å². The molecule has 24 heavy (non-hydrogen) atoms. The van der Waals surface area contributed by atoms with Gasteiger partial charge >= 0.3 is 0 Å². The van der Waals surface area contributed by atoms with E-state index < -0.39 is 0 Å². The van der Waals surface area contributed by atoms with Crippen LogP contribution in [0.15, 0.2) is 28.1 Å². The van der Waals surface area contributed by atoms with E-state index in [1.807, 2.05) is 12.3 Å². The van der Waals surface area contributed by atoms with Gasteiger partial charge in [-0.05, 0) is 32.0 Å². The second-order valence-electron chi connectivity index (χ2n) is 5.19. The number of hydrogen-bond acceptors (Lipinski definition) is 5. The van der Waals surface area contributed by atoms with Gasteiger partial charge in [-0.1, -0.05) is 28.4 Å². The van der Waals surface area contributed by atoms with Gasteiger partial charge in [0.15, 0.2) is 5.13 Å². The molecule has 0 aliphatic carbocycles. The molecule has 0 aliphatic heterocycles. The second-order valence-corrected chi connectivity index (χ2v) is 6.89. The first-order chi connectivity index (χ1) is 11.4. The molecule has 1 N–H and O–H groups in total. The van der Waals surface area contributed by atoms with E-state index in [0.29, 0.717) is 32.3 Å². The Hall–Kier alpha value is -1.89. The minimum absolute atomic E-state index is 0.178. The Bertz CT molecular complexity index is 885. The van der Waals surface area contributed by atoms with E-state index in [1.54, 1.807) is 25.1 Å². The summed E-state index contributed by atoms with van der Waals surface area (Å²) in [7, 11) is 0. The van der Waals surface area contributed by atoms with Gasteiger partial charge in [-0.25, -0.2) is 4.98 Å². The zero-order chi connectivity index (χ0) is 17.3. The Kier molecular flexibility index (Phi) is 4.89. The number of aryl methyl sites for hydroxylation is 2. The third kappa shape index (κ3) is 3.61. The summed E-state index contributed by atoms with van der Waals surface area (Å²) in [5.74, 6) is 0.468. The maximum atomic E-state index is 12.2. The molecule has 124 valence electrons. The Morgan fingerprint density at radius 1 is 1.33 bits per heavy atom. The summed E-state index contributed by atoms with van der Waals surface area (Å²) >= 11 is 13.5. The number of carbonyl (C=O) groups is 1. The number of carbonyl (C=O) groups excluding carboxylic acids is 1. The van der Waals surface area contributed by atoms with Gasteiger partial charge in [-0.3, -0.25) is 4.79 Å². The molecule has 8 heteroatoms.